The lowest BCUT2D eigenvalue weighted by Crippen LogP contribution is -2.26. The van der Waals surface area contributed by atoms with Crippen molar-refractivity contribution < 1.29 is 0 Å². The van der Waals surface area contributed by atoms with Gasteiger partial charge in [0.2, 0.25) is 0 Å². The van der Waals surface area contributed by atoms with Gasteiger partial charge in [0.15, 0.2) is 0 Å². The van der Waals surface area contributed by atoms with Crippen LogP contribution >= 0.6 is 0 Å². The number of nitrogens with zero attached hydrogens (tertiary/aromatic N) is 2. The summed E-state index contributed by atoms with van der Waals surface area (Å²) in [6.45, 7) is 4.41. The summed E-state index contributed by atoms with van der Waals surface area (Å²) in [4.78, 5) is 4.82. The molecule has 2 aliphatic carbocycles. The molecule has 0 aromatic heterocycles. The van der Waals surface area contributed by atoms with Crippen LogP contribution in [0.2, 0.25) is 0 Å². The number of hydrogen-bond acceptors (Lipinski definition) is 2. The second-order valence-corrected chi connectivity index (χ2v) is 17.7. The Kier molecular flexibility index (Phi) is 8.29. The van der Waals surface area contributed by atoms with Crippen LogP contribution in [0, 0.1) is 13.8 Å². The van der Waals surface area contributed by atoms with Crippen LogP contribution in [0.3, 0.4) is 0 Å². The fourth-order valence-electron chi connectivity index (χ4n) is 11.5. The molecule has 0 heterocycles. The Balaban J connectivity index is 1.13. The van der Waals surface area contributed by atoms with Gasteiger partial charge in [-0.2, -0.15) is 0 Å². The lowest BCUT2D eigenvalue weighted by atomic mass is 9.69. The first-order chi connectivity index (χ1) is 32.1. The fourth-order valence-corrected chi connectivity index (χ4v) is 11.5. The minimum atomic E-state index is -0.559. The van der Waals surface area contributed by atoms with E-state index in [9.17, 15) is 0 Å². The van der Waals surface area contributed by atoms with Gasteiger partial charge in [-0.1, -0.05) is 158 Å². The molecule has 0 N–H and O–H groups in total. The number of para-hydroxylation sites is 4. The predicted octanol–water partition coefficient (Wildman–Crippen LogP) is 17.0. The second-order valence-electron chi connectivity index (χ2n) is 17.7. The SMILES string of the molecule is Cc1ccccc1N(c1ccccc1)c1ccc2cc3c(cc2c1)C1(c2ccccc2-c2ccccc21)c1c-3c2ccccc2c2cc(N(c3ccccc3)c3ccccc3C)ccc12. The first kappa shape index (κ1) is 37.4. The van der Waals surface area contributed by atoms with Crippen molar-refractivity contribution in [3.8, 4) is 22.3 Å². The zero-order chi connectivity index (χ0) is 43.2. The average Bonchev–Trinajstić information content (AvgIpc) is 3.82. The van der Waals surface area contributed by atoms with E-state index in [-0.39, 0.29) is 0 Å². The Bertz CT molecular complexity index is 3650. The smallest absolute Gasteiger partial charge is 0.0731 e. The van der Waals surface area contributed by atoms with Crippen molar-refractivity contribution in [2.75, 3.05) is 9.80 Å². The molecule has 0 saturated heterocycles. The second kappa shape index (κ2) is 14.4. The summed E-state index contributed by atoms with van der Waals surface area (Å²) in [6.07, 6.45) is 0. The van der Waals surface area contributed by atoms with Gasteiger partial charge in [-0.3, -0.25) is 0 Å². The molecule has 65 heavy (non-hydrogen) atoms. The lowest BCUT2D eigenvalue weighted by Gasteiger charge is -2.32. The molecule has 0 amide bonds. The minimum Gasteiger partial charge on any atom is -0.310 e. The van der Waals surface area contributed by atoms with E-state index in [4.69, 9.17) is 0 Å². The fraction of sp³-hybridized carbons (Fsp3) is 0.0476. The lowest BCUT2D eigenvalue weighted by molar-refractivity contribution is 0.803. The Morgan fingerprint density at radius 2 is 0.815 bits per heavy atom. The van der Waals surface area contributed by atoms with Gasteiger partial charge in [0.25, 0.3) is 0 Å². The van der Waals surface area contributed by atoms with Crippen molar-refractivity contribution in [2.24, 2.45) is 0 Å². The van der Waals surface area contributed by atoms with Gasteiger partial charge >= 0.3 is 0 Å². The Morgan fingerprint density at radius 3 is 1.43 bits per heavy atom. The molecule has 2 aliphatic rings. The molecular weight excluding hydrogens is 785 g/mol. The summed E-state index contributed by atoms with van der Waals surface area (Å²) in [5.41, 5.74) is 19.4. The molecule has 0 aliphatic heterocycles. The summed E-state index contributed by atoms with van der Waals surface area (Å²) in [6, 6.07) is 85.8. The summed E-state index contributed by atoms with van der Waals surface area (Å²) in [5.74, 6) is 0. The first-order valence-electron chi connectivity index (χ1n) is 22.7. The standard InChI is InChI=1S/C63H44N2/c1-41-19-9-17-31-59(41)64(45-21-5-3-6-22-45)47-34-33-43-38-55-58(39-44(43)37-47)63(56-29-15-13-26-50(56)51-27-14-16-30-57(51)63)62-53-36-35-48(40-54(53)49-25-11-12-28-52(49)61(55)62)65(46-23-7-4-8-24-46)60-32-18-10-20-42(60)2/h3-40H,1-2H3. The van der Waals surface area contributed by atoms with Crippen LogP contribution in [0.15, 0.2) is 231 Å². The molecule has 0 bridgehead atoms. The maximum atomic E-state index is 2.54. The van der Waals surface area contributed by atoms with Gasteiger partial charge in [0.1, 0.15) is 0 Å². The number of benzene rings is 11. The zero-order valence-corrected chi connectivity index (χ0v) is 36.3. The molecule has 0 atom stereocenters. The van der Waals surface area contributed by atoms with Gasteiger partial charge in [-0.05, 0) is 175 Å². The number of aryl methyl sites for hydroxylation is 2. The monoisotopic (exact) mass is 828 g/mol. The number of hydrogen-bond donors (Lipinski definition) is 0. The van der Waals surface area contributed by atoms with Gasteiger partial charge in [0.05, 0.1) is 5.41 Å². The highest BCUT2D eigenvalue weighted by Crippen LogP contribution is 2.66. The maximum Gasteiger partial charge on any atom is 0.0731 e. The van der Waals surface area contributed by atoms with Crippen molar-refractivity contribution in [3.05, 3.63) is 264 Å². The van der Waals surface area contributed by atoms with Crippen LogP contribution in [-0.2, 0) is 5.41 Å². The molecule has 306 valence electrons. The van der Waals surface area contributed by atoms with E-state index in [1.165, 1.54) is 99.3 Å². The molecule has 0 fully saturated rings. The molecule has 1 spiro atoms. The number of rotatable bonds is 6. The minimum absolute atomic E-state index is 0.559. The van der Waals surface area contributed by atoms with Gasteiger partial charge in [-0.25, -0.2) is 0 Å². The summed E-state index contributed by atoms with van der Waals surface area (Å²) < 4.78 is 0. The first-order valence-corrected chi connectivity index (χ1v) is 22.7. The number of fused-ring (bicyclic) bond motifs is 16. The molecule has 0 unspecified atom stereocenters. The highest BCUT2D eigenvalue weighted by molar-refractivity contribution is 6.21. The molecule has 2 nitrogen and oxygen atoms in total. The van der Waals surface area contributed by atoms with E-state index in [1.807, 2.05) is 0 Å². The maximum absolute atomic E-state index is 2.54. The van der Waals surface area contributed by atoms with E-state index in [0.29, 0.717) is 0 Å². The third-order valence-electron chi connectivity index (χ3n) is 14.2. The van der Waals surface area contributed by atoms with Crippen molar-refractivity contribution in [1.82, 2.24) is 0 Å². The Labute approximate surface area is 379 Å². The van der Waals surface area contributed by atoms with E-state index < -0.39 is 5.41 Å². The topological polar surface area (TPSA) is 6.48 Å². The normalized spacial score (nSPS) is 12.9. The summed E-state index contributed by atoms with van der Waals surface area (Å²) >= 11 is 0. The van der Waals surface area contributed by atoms with Crippen LogP contribution in [0.25, 0.3) is 54.6 Å². The Hall–Kier alpha value is -8.20. The highest BCUT2D eigenvalue weighted by Gasteiger charge is 2.53. The molecule has 0 radical (unpaired) electrons. The van der Waals surface area contributed by atoms with Crippen LogP contribution in [0.1, 0.15) is 33.4 Å². The van der Waals surface area contributed by atoms with Gasteiger partial charge in [0, 0.05) is 34.1 Å². The van der Waals surface area contributed by atoms with Crippen LogP contribution in [0.4, 0.5) is 34.1 Å². The third kappa shape index (κ3) is 5.41. The van der Waals surface area contributed by atoms with E-state index in [1.54, 1.807) is 0 Å². The van der Waals surface area contributed by atoms with Crippen LogP contribution in [-0.4, -0.2) is 0 Å². The zero-order valence-electron chi connectivity index (χ0n) is 36.3. The van der Waals surface area contributed by atoms with E-state index in [0.717, 1.165) is 22.7 Å². The van der Waals surface area contributed by atoms with Crippen molar-refractivity contribution in [3.63, 3.8) is 0 Å². The highest BCUT2D eigenvalue weighted by atomic mass is 15.1. The van der Waals surface area contributed by atoms with Gasteiger partial charge in [-0.15, -0.1) is 0 Å². The molecule has 11 aromatic carbocycles. The van der Waals surface area contributed by atoms with E-state index >= 15 is 0 Å². The van der Waals surface area contributed by atoms with Crippen LogP contribution in [0.5, 0.6) is 0 Å². The van der Waals surface area contributed by atoms with Crippen LogP contribution < -0.4 is 9.80 Å². The quantitative estimate of drug-likeness (QED) is 0.154. The number of anilines is 6. The van der Waals surface area contributed by atoms with E-state index in [2.05, 4.69) is 254 Å². The van der Waals surface area contributed by atoms with Gasteiger partial charge < -0.3 is 9.80 Å². The summed E-state index contributed by atoms with van der Waals surface area (Å²) in [7, 11) is 0. The molecule has 0 saturated carbocycles. The molecule has 2 heteroatoms. The predicted molar refractivity (Wildman–Crippen MR) is 274 cm³/mol. The largest absolute Gasteiger partial charge is 0.310 e. The molecular formula is C63H44N2. The molecule has 11 aromatic rings. The van der Waals surface area contributed by atoms with Crippen molar-refractivity contribution in [2.45, 2.75) is 19.3 Å². The third-order valence-corrected chi connectivity index (χ3v) is 14.2. The Morgan fingerprint density at radius 1 is 0.308 bits per heavy atom. The summed E-state index contributed by atoms with van der Waals surface area (Å²) in [5, 5.41) is 7.52. The van der Waals surface area contributed by atoms with Crippen molar-refractivity contribution >= 4 is 66.4 Å². The van der Waals surface area contributed by atoms with Crippen molar-refractivity contribution in [1.29, 1.82) is 0 Å². The average molecular weight is 829 g/mol. The molecule has 13 rings (SSSR count).